The van der Waals surface area contributed by atoms with Crippen molar-refractivity contribution in [2.45, 2.75) is 32.1 Å². The summed E-state index contributed by atoms with van der Waals surface area (Å²) in [6.07, 6.45) is 1.36. The number of carbonyl (C=O) groups is 2. The molecular formula is C27H21ClFN5O3S. The van der Waals surface area contributed by atoms with Crippen LogP contribution in [-0.4, -0.2) is 21.8 Å². The largest absolute Gasteiger partial charge is 0.439 e. The SMILES string of the molecule is CC(C)C(=O)Nc1nc2ccc(Oc3ccc(F)c(NC(=O)c4cccc(C5(C#N)CC5)c4Cl)c3)nc2s1. The molecule has 1 aliphatic rings. The summed E-state index contributed by atoms with van der Waals surface area (Å²) in [6.45, 7) is 3.58. The number of nitrogens with one attached hydrogen (secondary N) is 2. The van der Waals surface area contributed by atoms with Crippen LogP contribution in [0, 0.1) is 23.1 Å². The highest BCUT2D eigenvalue weighted by atomic mass is 35.5. The van der Waals surface area contributed by atoms with Gasteiger partial charge in [-0.15, -0.1) is 0 Å². The van der Waals surface area contributed by atoms with Crippen LogP contribution >= 0.6 is 22.9 Å². The third-order valence-electron chi connectivity index (χ3n) is 6.12. The molecule has 5 rings (SSSR count). The van der Waals surface area contributed by atoms with E-state index in [4.69, 9.17) is 16.3 Å². The molecule has 11 heteroatoms. The number of hydrogen-bond acceptors (Lipinski definition) is 7. The summed E-state index contributed by atoms with van der Waals surface area (Å²) < 4.78 is 20.4. The Labute approximate surface area is 226 Å². The fraction of sp³-hybridized carbons (Fsp3) is 0.222. The van der Waals surface area contributed by atoms with Crippen molar-refractivity contribution < 1.29 is 18.7 Å². The Kier molecular flexibility index (Phi) is 6.73. The number of thiazole rings is 1. The minimum absolute atomic E-state index is 0.104. The quantitative estimate of drug-likeness (QED) is 0.265. The van der Waals surface area contributed by atoms with Gasteiger partial charge in [-0.3, -0.25) is 9.59 Å². The fourth-order valence-electron chi connectivity index (χ4n) is 3.78. The van der Waals surface area contributed by atoms with Crippen molar-refractivity contribution in [2.24, 2.45) is 5.92 Å². The second kappa shape index (κ2) is 10.0. The van der Waals surface area contributed by atoms with E-state index in [-0.39, 0.29) is 39.7 Å². The zero-order chi connectivity index (χ0) is 27.0. The van der Waals surface area contributed by atoms with Gasteiger partial charge in [-0.2, -0.15) is 5.26 Å². The molecule has 4 aromatic rings. The molecule has 2 N–H and O–H groups in total. The number of nitriles is 1. The number of nitrogens with zero attached hydrogens (tertiary/aromatic N) is 3. The van der Waals surface area contributed by atoms with Gasteiger partial charge in [0.15, 0.2) is 5.13 Å². The molecule has 8 nitrogen and oxygen atoms in total. The van der Waals surface area contributed by atoms with E-state index in [1.807, 2.05) is 0 Å². The van der Waals surface area contributed by atoms with Crippen LogP contribution in [0.25, 0.3) is 10.3 Å². The highest BCUT2D eigenvalue weighted by Gasteiger charge is 2.46. The van der Waals surface area contributed by atoms with Gasteiger partial charge < -0.3 is 15.4 Å². The molecule has 0 radical (unpaired) electrons. The van der Waals surface area contributed by atoms with Gasteiger partial charge in [0.25, 0.3) is 5.91 Å². The topological polar surface area (TPSA) is 117 Å². The lowest BCUT2D eigenvalue weighted by atomic mass is 9.95. The fourth-order valence-corrected chi connectivity index (χ4v) is 5.00. The van der Waals surface area contributed by atoms with E-state index in [0.29, 0.717) is 33.9 Å². The number of pyridine rings is 1. The normalized spacial score (nSPS) is 13.7. The van der Waals surface area contributed by atoms with Crippen LogP contribution in [0.5, 0.6) is 11.6 Å². The molecule has 0 aliphatic heterocycles. The van der Waals surface area contributed by atoms with E-state index in [1.54, 1.807) is 38.1 Å². The molecule has 0 spiro atoms. The predicted octanol–water partition coefficient (Wildman–Crippen LogP) is 6.68. The molecule has 1 saturated carbocycles. The van der Waals surface area contributed by atoms with Crippen molar-refractivity contribution in [3.63, 3.8) is 0 Å². The number of ether oxygens (including phenoxy) is 1. The van der Waals surface area contributed by atoms with Crippen LogP contribution in [-0.2, 0) is 10.2 Å². The number of benzene rings is 2. The molecule has 1 aliphatic carbocycles. The van der Waals surface area contributed by atoms with Crippen molar-refractivity contribution in [3.8, 4) is 17.7 Å². The third-order valence-corrected chi connectivity index (χ3v) is 7.40. The van der Waals surface area contributed by atoms with Crippen molar-refractivity contribution in [3.05, 3.63) is 70.5 Å². The second-order valence-electron chi connectivity index (χ2n) is 9.20. The Morgan fingerprint density at radius 1 is 1.16 bits per heavy atom. The first-order valence-electron chi connectivity index (χ1n) is 11.8. The van der Waals surface area contributed by atoms with Crippen LogP contribution in [0.1, 0.15) is 42.6 Å². The van der Waals surface area contributed by atoms with Crippen molar-refractivity contribution >= 4 is 55.9 Å². The summed E-state index contributed by atoms with van der Waals surface area (Å²) in [5.41, 5.74) is 0.571. The van der Waals surface area contributed by atoms with Crippen LogP contribution in [0.4, 0.5) is 15.2 Å². The monoisotopic (exact) mass is 549 g/mol. The molecule has 2 aromatic heterocycles. The summed E-state index contributed by atoms with van der Waals surface area (Å²) in [6, 6.07) is 14.4. The number of rotatable bonds is 7. The first-order valence-corrected chi connectivity index (χ1v) is 13.0. The van der Waals surface area contributed by atoms with Crippen molar-refractivity contribution in [2.75, 3.05) is 10.6 Å². The third kappa shape index (κ3) is 5.03. The summed E-state index contributed by atoms with van der Waals surface area (Å²) in [5.74, 6) is -1.13. The van der Waals surface area contributed by atoms with E-state index < -0.39 is 17.1 Å². The van der Waals surface area contributed by atoms with Gasteiger partial charge in [0.05, 0.1) is 27.8 Å². The summed E-state index contributed by atoms with van der Waals surface area (Å²) in [5, 5.41) is 15.4. The number of amides is 2. The zero-order valence-electron chi connectivity index (χ0n) is 20.3. The zero-order valence-corrected chi connectivity index (χ0v) is 21.9. The standard InChI is InChI=1S/C27H21ClFN5O3S/c1-14(2)23(35)34-26-32-19-8-9-21(33-25(19)38-26)37-15-6-7-18(29)20(12-15)31-24(36)16-4-3-5-17(22(16)28)27(13-30)10-11-27/h3-9,12,14H,10-11H2,1-2H3,(H,31,36)(H,32,34,35). The Hall–Kier alpha value is -4.07. The highest BCUT2D eigenvalue weighted by Crippen LogP contribution is 2.50. The van der Waals surface area contributed by atoms with E-state index >= 15 is 0 Å². The van der Waals surface area contributed by atoms with Crippen molar-refractivity contribution in [1.29, 1.82) is 5.26 Å². The minimum Gasteiger partial charge on any atom is -0.439 e. The Morgan fingerprint density at radius 2 is 1.95 bits per heavy atom. The summed E-state index contributed by atoms with van der Waals surface area (Å²) in [7, 11) is 0. The molecule has 2 aromatic carbocycles. The second-order valence-corrected chi connectivity index (χ2v) is 10.6. The van der Waals surface area contributed by atoms with Gasteiger partial charge in [-0.05, 0) is 42.7 Å². The molecule has 0 atom stereocenters. The van der Waals surface area contributed by atoms with E-state index in [9.17, 15) is 19.2 Å². The van der Waals surface area contributed by atoms with Crippen LogP contribution in [0.15, 0.2) is 48.5 Å². The van der Waals surface area contributed by atoms with Gasteiger partial charge in [0, 0.05) is 18.1 Å². The van der Waals surface area contributed by atoms with Crippen molar-refractivity contribution in [1.82, 2.24) is 9.97 Å². The Morgan fingerprint density at radius 3 is 2.66 bits per heavy atom. The lowest BCUT2D eigenvalue weighted by Gasteiger charge is -2.14. The maximum Gasteiger partial charge on any atom is 0.257 e. The number of hydrogen-bond donors (Lipinski definition) is 2. The maximum atomic E-state index is 14.6. The molecule has 2 amide bonds. The molecule has 0 bridgehead atoms. The molecule has 38 heavy (non-hydrogen) atoms. The lowest BCUT2D eigenvalue weighted by molar-refractivity contribution is -0.118. The van der Waals surface area contributed by atoms with E-state index in [1.165, 1.54) is 35.6 Å². The highest BCUT2D eigenvalue weighted by molar-refractivity contribution is 7.21. The summed E-state index contributed by atoms with van der Waals surface area (Å²) in [4.78, 5) is 34.3. The molecule has 2 heterocycles. The van der Waals surface area contributed by atoms with E-state index in [0.717, 1.165) is 0 Å². The van der Waals surface area contributed by atoms with Gasteiger partial charge in [0.1, 0.15) is 21.9 Å². The van der Waals surface area contributed by atoms with Gasteiger partial charge in [-0.1, -0.05) is 48.9 Å². The Bertz CT molecular complexity index is 1630. The first-order chi connectivity index (χ1) is 18.2. The number of halogens is 2. The van der Waals surface area contributed by atoms with Gasteiger partial charge in [0.2, 0.25) is 11.8 Å². The molecular weight excluding hydrogens is 529 g/mol. The Balaban J connectivity index is 1.34. The number of aromatic nitrogens is 2. The van der Waals surface area contributed by atoms with Crippen LogP contribution in [0.3, 0.4) is 0 Å². The number of carbonyl (C=O) groups excluding carboxylic acids is 2. The molecule has 0 unspecified atom stereocenters. The van der Waals surface area contributed by atoms with Crippen LogP contribution < -0.4 is 15.4 Å². The maximum absolute atomic E-state index is 14.6. The first kappa shape index (κ1) is 25.6. The van der Waals surface area contributed by atoms with Gasteiger partial charge >= 0.3 is 0 Å². The lowest BCUT2D eigenvalue weighted by Crippen LogP contribution is -2.17. The molecule has 0 saturated heterocycles. The average molecular weight is 550 g/mol. The summed E-state index contributed by atoms with van der Waals surface area (Å²) >= 11 is 7.68. The molecule has 192 valence electrons. The average Bonchev–Trinajstić information content (AvgIpc) is 3.58. The van der Waals surface area contributed by atoms with E-state index in [2.05, 4.69) is 26.7 Å². The van der Waals surface area contributed by atoms with Gasteiger partial charge in [-0.25, -0.2) is 14.4 Å². The minimum atomic E-state index is -0.667. The number of fused-ring (bicyclic) bond motifs is 1. The van der Waals surface area contributed by atoms with Crippen LogP contribution in [0.2, 0.25) is 5.02 Å². The smallest absolute Gasteiger partial charge is 0.257 e. The molecule has 1 fully saturated rings. The number of anilines is 2. The predicted molar refractivity (Wildman–Crippen MR) is 143 cm³/mol.